The molecule has 0 saturated heterocycles. The first-order valence-corrected chi connectivity index (χ1v) is 49.5. The lowest BCUT2D eigenvalue weighted by atomic mass is 10.0. The fraction of sp³-hybridized carbons (Fsp3) is 0.956. The highest BCUT2D eigenvalue weighted by Gasteiger charge is 2.31. The van der Waals surface area contributed by atoms with Crippen LogP contribution in [0.3, 0.4) is 0 Å². The summed E-state index contributed by atoms with van der Waals surface area (Å²) in [6.07, 6.45) is 75.1. The molecule has 0 heterocycles. The van der Waals surface area contributed by atoms with Crippen LogP contribution in [0.25, 0.3) is 0 Å². The molecule has 0 bridgehead atoms. The van der Waals surface area contributed by atoms with Gasteiger partial charge in [0.15, 0.2) is 12.2 Å². The van der Waals surface area contributed by atoms with Gasteiger partial charge in [-0.25, -0.2) is 9.13 Å². The van der Waals surface area contributed by atoms with Crippen LogP contribution < -0.4 is 0 Å². The number of carbonyl (C=O) groups is 4. The second-order valence-electron chi connectivity index (χ2n) is 33.3. The Labute approximate surface area is 670 Å². The quantitative estimate of drug-likeness (QED) is 0.0222. The van der Waals surface area contributed by atoms with Crippen molar-refractivity contribution in [3.05, 3.63) is 0 Å². The Morgan fingerprint density at radius 1 is 0.248 bits per heavy atom. The fourth-order valence-electron chi connectivity index (χ4n) is 14.1. The summed E-state index contributed by atoms with van der Waals surface area (Å²) in [7, 11) is -9.93. The number of ether oxygens (including phenoxy) is 4. The molecule has 0 aromatic rings. The summed E-state index contributed by atoms with van der Waals surface area (Å²) in [6, 6.07) is 0. The lowest BCUT2D eigenvalue weighted by molar-refractivity contribution is -0.161. The van der Waals surface area contributed by atoms with E-state index in [1.54, 1.807) is 0 Å². The van der Waals surface area contributed by atoms with E-state index in [1.807, 2.05) is 0 Å². The Bertz CT molecular complexity index is 2080. The minimum atomic E-state index is -4.97. The third-order valence-electron chi connectivity index (χ3n) is 21.2. The smallest absolute Gasteiger partial charge is 0.462 e. The van der Waals surface area contributed by atoms with Crippen LogP contribution in [0.4, 0.5) is 0 Å². The van der Waals surface area contributed by atoms with E-state index in [-0.39, 0.29) is 25.7 Å². The minimum Gasteiger partial charge on any atom is -0.462 e. The average Bonchev–Trinajstić information content (AvgIpc) is 0.853. The number of hydrogen-bond donors (Lipinski definition) is 3. The predicted molar refractivity (Wildman–Crippen MR) is 451 cm³/mol. The van der Waals surface area contributed by atoms with E-state index in [9.17, 15) is 43.2 Å². The van der Waals surface area contributed by atoms with Gasteiger partial charge in [-0.15, -0.1) is 0 Å². The monoisotopic (exact) mass is 1590 g/mol. The maximum Gasteiger partial charge on any atom is 0.472 e. The Balaban J connectivity index is 5.23. The predicted octanol–water partition coefficient (Wildman–Crippen LogP) is 27.8. The first-order valence-electron chi connectivity index (χ1n) is 46.5. The van der Waals surface area contributed by atoms with E-state index < -0.39 is 97.5 Å². The van der Waals surface area contributed by atoms with Gasteiger partial charge in [0, 0.05) is 25.7 Å². The number of aliphatic hydroxyl groups excluding tert-OH is 1. The van der Waals surface area contributed by atoms with Gasteiger partial charge in [-0.3, -0.25) is 37.3 Å². The topological polar surface area (TPSA) is 237 Å². The van der Waals surface area contributed by atoms with Crippen molar-refractivity contribution >= 4 is 39.5 Å². The van der Waals surface area contributed by atoms with E-state index in [2.05, 4.69) is 41.5 Å². The Hall–Kier alpha value is -1.94. The van der Waals surface area contributed by atoms with Crippen LogP contribution in [0, 0.1) is 11.8 Å². The van der Waals surface area contributed by atoms with Crippen molar-refractivity contribution in [2.75, 3.05) is 39.6 Å². The number of hydrogen-bond acceptors (Lipinski definition) is 15. The van der Waals surface area contributed by atoms with Crippen molar-refractivity contribution < 1.29 is 80.2 Å². The first kappa shape index (κ1) is 107. The Morgan fingerprint density at radius 3 is 0.624 bits per heavy atom. The fourth-order valence-corrected chi connectivity index (χ4v) is 15.7. The van der Waals surface area contributed by atoms with Crippen molar-refractivity contribution in [1.82, 2.24) is 0 Å². The highest BCUT2D eigenvalue weighted by molar-refractivity contribution is 7.47. The zero-order valence-corrected chi connectivity index (χ0v) is 73.7. The van der Waals surface area contributed by atoms with Crippen LogP contribution in [-0.2, 0) is 65.4 Å². The molecule has 0 fully saturated rings. The number of unbranched alkanes of at least 4 members (excludes halogenated alkanes) is 59. The summed E-state index contributed by atoms with van der Waals surface area (Å²) in [6.45, 7) is 9.73. The van der Waals surface area contributed by atoms with Gasteiger partial charge in [0.2, 0.25) is 0 Å². The standard InChI is InChI=1S/C90H176O17P2/c1-7-9-11-13-15-17-19-21-22-23-24-25-26-27-32-35-38-44-50-56-62-68-74-89(94)106-85(79-101-88(93)73-67-61-55-49-43-37-34-31-29-28-30-33-36-40-46-52-58-64-70-82(3)4)80-104-108(96,97)102-76-84(91)77-103-109(98,99)105-81-86(78-100-87(92)72-66-60-54-48-42-20-18-16-14-12-10-8-2)107-90(95)75-69-63-57-51-45-39-41-47-53-59-65-71-83(5)6/h82-86,91H,7-81H2,1-6H3,(H,96,97)(H,98,99)/t84-,85-,86-/m1/s1. The molecule has 0 amide bonds. The van der Waals surface area contributed by atoms with Gasteiger partial charge < -0.3 is 33.8 Å². The molecule has 17 nitrogen and oxygen atoms in total. The lowest BCUT2D eigenvalue weighted by Crippen LogP contribution is -2.30. The second-order valence-corrected chi connectivity index (χ2v) is 36.2. The number of aliphatic hydroxyl groups is 1. The van der Waals surface area contributed by atoms with Crippen LogP contribution in [-0.4, -0.2) is 96.7 Å². The maximum atomic E-state index is 13.2. The van der Waals surface area contributed by atoms with Gasteiger partial charge in [-0.1, -0.05) is 433 Å². The highest BCUT2D eigenvalue weighted by atomic mass is 31.2. The molecule has 5 atom stereocenters. The van der Waals surface area contributed by atoms with Crippen LogP contribution in [0.1, 0.15) is 485 Å². The molecular formula is C90H176O17P2. The zero-order chi connectivity index (χ0) is 79.9. The third kappa shape index (κ3) is 83.8. The molecule has 109 heavy (non-hydrogen) atoms. The molecular weight excluding hydrogens is 1410 g/mol. The zero-order valence-electron chi connectivity index (χ0n) is 71.9. The molecule has 2 unspecified atom stereocenters. The van der Waals surface area contributed by atoms with Gasteiger partial charge in [0.05, 0.1) is 26.4 Å². The van der Waals surface area contributed by atoms with E-state index in [0.717, 1.165) is 102 Å². The number of phosphoric acid groups is 2. The lowest BCUT2D eigenvalue weighted by Gasteiger charge is -2.21. The van der Waals surface area contributed by atoms with Crippen molar-refractivity contribution in [2.45, 2.75) is 503 Å². The summed E-state index contributed by atoms with van der Waals surface area (Å²) in [5.74, 6) is -0.509. The Morgan fingerprint density at radius 2 is 0.422 bits per heavy atom. The molecule has 0 aliphatic heterocycles. The molecule has 0 rings (SSSR count). The van der Waals surface area contributed by atoms with Gasteiger partial charge in [0.1, 0.15) is 19.3 Å². The van der Waals surface area contributed by atoms with E-state index in [1.165, 1.54) is 302 Å². The third-order valence-corrected chi connectivity index (χ3v) is 23.1. The molecule has 0 radical (unpaired) electrons. The van der Waals surface area contributed by atoms with Crippen LogP contribution in [0.15, 0.2) is 0 Å². The number of rotatable bonds is 89. The molecule has 648 valence electrons. The largest absolute Gasteiger partial charge is 0.472 e. The molecule has 0 aromatic carbocycles. The van der Waals surface area contributed by atoms with Crippen molar-refractivity contribution in [3.8, 4) is 0 Å². The van der Waals surface area contributed by atoms with E-state index >= 15 is 0 Å². The first-order chi connectivity index (χ1) is 52.9. The van der Waals surface area contributed by atoms with Crippen molar-refractivity contribution in [3.63, 3.8) is 0 Å². The number of phosphoric ester groups is 2. The molecule has 0 saturated carbocycles. The summed E-state index contributed by atoms with van der Waals surface area (Å²) < 4.78 is 69.0. The van der Waals surface area contributed by atoms with Crippen molar-refractivity contribution in [2.24, 2.45) is 11.8 Å². The molecule has 0 spiro atoms. The summed E-state index contributed by atoms with van der Waals surface area (Å²) >= 11 is 0. The molecule has 19 heteroatoms. The molecule has 3 N–H and O–H groups in total. The van der Waals surface area contributed by atoms with Crippen LogP contribution in [0.2, 0.25) is 0 Å². The average molecular weight is 1590 g/mol. The van der Waals surface area contributed by atoms with Crippen molar-refractivity contribution in [1.29, 1.82) is 0 Å². The second kappa shape index (κ2) is 81.2. The maximum absolute atomic E-state index is 13.2. The van der Waals surface area contributed by atoms with E-state index in [0.29, 0.717) is 25.7 Å². The van der Waals surface area contributed by atoms with E-state index in [4.69, 9.17) is 37.0 Å². The minimum absolute atomic E-state index is 0.107. The summed E-state index contributed by atoms with van der Waals surface area (Å²) in [4.78, 5) is 73.4. The molecule has 0 aliphatic carbocycles. The molecule has 0 aromatic heterocycles. The van der Waals surface area contributed by atoms with Gasteiger partial charge >= 0.3 is 39.5 Å². The number of esters is 4. The summed E-state index contributed by atoms with van der Waals surface area (Å²) in [5, 5.41) is 10.7. The van der Waals surface area contributed by atoms with Crippen LogP contribution >= 0.6 is 15.6 Å². The summed E-state index contributed by atoms with van der Waals surface area (Å²) in [5.41, 5.74) is 0. The molecule has 0 aliphatic rings. The Kier molecular flexibility index (Phi) is 79.8. The van der Waals surface area contributed by atoms with Gasteiger partial charge in [-0.05, 0) is 37.5 Å². The number of carbonyl (C=O) groups excluding carboxylic acids is 4. The van der Waals surface area contributed by atoms with Crippen LogP contribution in [0.5, 0.6) is 0 Å². The van der Waals surface area contributed by atoms with Gasteiger partial charge in [0.25, 0.3) is 0 Å². The highest BCUT2D eigenvalue weighted by Crippen LogP contribution is 2.45. The SMILES string of the molecule is CCCCCCCCCCCCCCCCCCCCCCCCC(=O)O[C@H](COC(=O)CCCCCCCCCCCCCCCCCCCCC(C)C)COP(=O)(O)OC[C@@H](O)COP(=O)(O)OC[C@@H](COC(=O)CCCCCCCCCCCCCC)OC(=O)CCCCCCCCCCCCCC(C)C. The normalized spacial score (nSPS) is 13.8. The van der Waals surface area contributed by atoms with Gasteiger partial charge in [-0.2, -0.15) is 0 Å².